The fraction of sp³-hybridized carbons (Fsp3) is 0.750. The number of unbranched alkanes of at least 4 members (excludes halogenated alkanes) is 9. The lowest BCUT2D eigenvalue weighted by atomic mass is 10.0. The Morgan fingerprint density at radius 2 is 1.33 bits per heavy atom. The summed E-state index contributed by atoms with van der Waals surface area (Å²) in [7, 11) is -0.187. The third-order valence-electron chi connectivity index (χ3n) is 5.65. The van der Waals surface area contributed by atoms with Gasteiger partial charge in [0.25, 0.3) is 10.1 Å². The van der Waals surface area contributed by atoms with Crippen molar-refractivity contribution < 1.29 is 18.1 Å². The maximum Gasteiger partial charge on any atom is 0.294 e. The monoisotopic (exact) mass is 443 g/mol. The summed E-state index contributed by atoms with van der Waals surface area (Å²) in [5.41, 5.74) is 0.657. The third-order valence-corrected chi connectivity index (χ3v) is 6.60. The number of hydrogen-bond acceptors (Lipinski definition) is 4. The molecule has 0 atom stereocenters. The van der Waals surface area contributed by atoms with Crippen molar-refractivity contribution in [3.05, 3.63) is 29.8 Å². The van der Waals surface area contributed by atoms with Gasteiger partial charge in [-0.2, -0.15) is 8.42 Å². The predicted molar refractivity (Wildman–Crippen MR) is 127 cm³/mol. The molecule has 1 rings (SSSR count). The van der Waals surface area contributed by atoms with E-state index >= 15 is 0 Å². The zero-order chi connectivity index (χ0) is 23.0. The van der Waals surface area contributed by atoms with Crippen LogP contribution in [0.25, 0.3) is 0 Å². The van der Waals surface area contributed by atoms with E-state index in [9.17, 15) is 13.0 Å². The van der Waals surface area contributed by atoms with Crippen molar-refractivity contribution in [2.75, 3.05) is 20.7 Å². The molecule has 0 heterocycles. The molecule has 0 aliphatic heterocycles. The van der Waals surface area contributed by atoms with E-state index in [1.165, 1.54) is 57.4 Å². The zero-order valence-corrected chi connectivity index (χ0v) is 20.7. The van der Waals surface area contributed by atoms with Crippen molar-refractivity contribution in [3.8, 4) is 0 Å². The Kier molecular flexibility index (Phi) is 15.3. The van der Waals surface area contributed by atoms with E-state index in [2.05, 4.69) is 6.92 Å². The van der Waals surface area contributed by atoms with Crippen LogP contribution >= 0.6 is 0 Å². The first-order valence-electron chi connectivity index (χ1n) is 11.4. The number of aliphatic hydroxyl groups is 1. The summed E-state index contributed by atoms with van der Waals surface area (Å²) < 4.78 is 31.8. The van der Waals surface area contributed by atoms with Crippen molar-refractivity contribution in [2.45, 2.75) is 102 Å². The van der Waals surface area contributed by atoms with Crippen LogP contribution in [0, 0.1) is 0 Å². The van der Waals surface area contributed by atoms with Gasteiger partial charge in [0.05, 0.1) is 11.5 Å². The maximum atomic E-state index is 11.3. The Morgan fingerprint density at radius 1 is 0.867 bits per heavy atom. The number of nitrogens with zero attached hydrogens (tertiary/aromatic N) is 1. The molecule has 0 saturated carbocycles. The lowest BCUT2D eigenvalue weighted by Crippen LogP contribution is -2.41. The Morgan fingerprint density at radius 3 is 1.73 bits per heavy atom. The Labute approximate surface area is 185 Å². The quantitative estimate of drug-likeness (QED) is 0.284. The Hall–Kier alpha value is -0.950. The van der Waals surface area contributed by atoms with E-state index in [-0.39, 0.29) is 17.0 Å². The molecular weight excluding hydrogens is 398 g/mol. The molecule has 0 fully saturated rings. The van der Waals surface area contributed by atoms with Crippen molar-refractivity contribution in [1.82, 2.24) is 4.90 Å². The predicted octanol–water partition coefficient (Wildman–Crippen LogP) is 5.72. The first-order valence-corrected chi connectivity index (χ1v) is 12.8. The van der Waals surface area contributed by atoms with Crippen LogP contribution in [0.15, 0.2) is 29.2 Å². The Balaban J connectivity index is 0.000000890. The number of benzene rings is 1. The molecule has 0 spiro atoms. The van der Waals surface area contributed by atoms with E-state index in [1.54, 1.807) is 12.1 Å². The van der Waals surface area contributed by atoms with Crippen LogP contribution in [0.1, 0.15) is 90.5 Å². The lowest BCUT2D eigenvalue weighted by molar-refractivity contribution is 0.100. The molecule has 2 N–H and O–H groups in total. The average molecular weight is 444 g/mol. The number of likely N-dealkylation sites (N-methyl/N-ethyl adjacent to an activating group) is 1. The van der Waals surface area contributed by atoms with Crippen molar-refractivity contribution >= 4 is 10.1 Å². The number of aliphatic hydroxyl groups excluding tert-OH is 1. The molecule has 6 heteroatoms. The topological polar surface area (TPSA) is 77.8 Å². The highest BCUT2D eigenvalue weighted by Crippen LogP contribution is 2.18. The first-order chi connectivity index (χ1) is 14.1. The molecule has 1 aromatic rings. The minimum absolute atomic E-state index is 0.0610. The van der Waals surface area contributed by atoms with Crippen LogP contribution in [0.4, 0.5) is 0 Å². The van der Waals surface area contributed by atoms with Crippen LogP contribution in [-0.2, 0) is 16.5 Å². The summed E-state index contributed by atoms with van der Waals surface area (Å²) in [5, 5.41) is 8.72. The summed E-state index contributed by atoms with van der Waals surface area (Å²) in [6, 6.07) is 6.73. The summed E-state index contributed by atoms with van der Waals surface area (Å²) in [6.07, 6.45) is 13.3. The summed E-state index contributed by atoms with van der Waals surface area (Å²) in [4.78, 5) is 2.05. The van der Waals surface area contributed by atoms with Crippen molar-refractivity contribution in [2.24, 2.45) is 0 Å². The molecule has 0 unspecified atom stereocenters. The van der Waals surface area contributed by atoms with Gasteiger partial charge in [0.2, 0.25) is 0 Å². The van der Waals surface area contributed by atoms with E-state index < -0.39 is 10.1 Å². The van der Waals surface area contributed by atoms with Gasteiger partial charge < -0.3 is 10.0 Å². The van der Waals surface area contributed by atoms with Gasteiger partial charge in [0, 0.05) is 5.54 Å². The van der Waals surface area contributed by atoms with Gasteiger partial charge in [-0.05, 0) is 52.4 Å². The minimum atomic E-state index is -4.10. The minimum Gasteiger partial charge on any atom is -0.394 e. The van der Waals surface area contributed by atoms with E-state index in [0.29, 0.717) is 6.42 Å². The molecule has 0 radical (unpaired) electrons. The molecule has 0 amide bonds. The number of hydrogen-bond donors (Lipinski definition) is 2. The molecule has 0 aliphatic rings. The van der Waals surface area contributed by atoms with Gasteiger partial charge in [-0.15, -0.1) is 0 Å². The van der Waals surface area contributed by atoms with Gasteiger partial charge in [0.1, 0.15) is 0 Å². The second-order valence-electron chi connectivity index (χ2n) is 8.88. The van der Waals surface area contributed by atoms with E-state index in [0.717, 1.165) is 18.4 Å². The third kappa shape index (κ3) is 13.4. The highest BCUT2D eigenvalue weighted by Gasteiger charge is 2.17. The average Bonchev–Trinajstić information content (AvgIpc) is 2.69. The molecule has 0 saturated heterocycles. The maximum absolute atomic E-state index is 11.3. The van der Waals surface area contributed by atoms with Crippen LogP contribution in [0.5, 0.6) is 0 Å². The summed E-state index contributed by atoms with van der Waals surface area (Å²) >= 11 is 0. The van der Waals surface area contributed by atoms with Crippen molar-refractivity contribution in [3.63, 3.8) is 0 Å². The molecule has 0 bridgehead atoms. The first kappa shape index (κ1) is 29.1. The summed E-state index contributed by atoms with van der Waals surface area (Å²) in [5.74, 6) is 0. The summed E-state index contributed by atoms with van der Waals surface area (Å²) in [6.45, 7) is 6.43. The van der Waals surface area contributed by atoms with Crippen LogP contribution in [-0.4, -0.2) is 49.2 Å². The normalized spacial score (nSPS) is 12.0. The molecule has 0 aromatic heterocycles. The highest BCUT2D eigenvalue weighted by molar-refractivity contribution is 7.85. The zero-order valence-electron chi connectivity index (χ0n) is 19.9. The second kappa shape index (κ2) is 15.8. The van der Waals surface area contributed by atoms with Gasteiger partial charge in [-0.3, -0.25) is 4.55 Å². The van der Waals surface area contributed by atoms with Crippen LogP contribution in [0.2, 0.25) is 0 Å². The van der Waals surface area contributed by atoms with E-state index in [1.807, 2.05) is 38.9 Å². The Bertz CT molecular complexity index is 657. The number of rotatable bonds is 14. The largest absolute Gasteiger partial charge is 0.394 e. The fourth-order valence-electron chi connectivity index (χ4n) is 2.91. The second-order valence-corrected chi connectivity index (χ2v) is 10.3. The van der Waals surface area contributed by atoms with Gasteiger partial charge in [-0.1, -0.05) is 82.9 Å². The fourth-order valence-corrected chi connectivity index (χ4v) is 3.66. The molecular formula is C24H45NO4S. The van der Waals surface area contributed by atoms with Crippen LogP contribution < -0.4 is 0 Å². The van der Waals surface area contributed by atoms with Crippen molar-refractivity contribution in [1.29, 1.82) is 0 Å². The van der Waals surface area contributed by atoms with Gasteiger partial charge in [0.15, 0.2) is 0 Å². The molecule has 0 aliphatic carbocycles. The van der Waals surface area contributed by atoms with Gasteiger partial charge >= 0.3 is 0 Å². The van der Waals surface area contributed by atoms with Crippen LogP contribution in [0.3, 0.4) is 0 Å². The highest BCUT2D eigenvalue weighted by atomic mass is 32.2. The molecule has 5 nitrogen and oxygen atoms in total. The van der Waals surface area contributed by atoms with E-state index in [4.69, 9.17) is 5.11 Å². The molecule has 1 aromatic carbocycles. The van der Waals surface area contributed by atoms with Gasteiger partial charge in [-0.25, -0.2) is 0 Å². The smallest absolute Gasteiger partial charge is 0.294 e. The SMILES string of the molecule is CCCCCCCCCCCCc1ccccc1S(=O)(=O)O.CN(C)C(C)(C)CO. The number of aryl methyl sites for hydroxylation is 1. The standard InChI is InChI=1S/C18H30O3S.C6H15NO/c1-2-3-4-5-6-7-8-9-10-11-14-17-15-12-13-16-18(17)22(19,20)21;1-6(2,5-8)7(3)4/h12-13,15-16H,2-11,14H2,1H3,(H,19,20,21);8H,5H2,1-4H3. The molecule has 30 heavy (non-hydrogen) atoms. The molecule has 176 valence electrons. The lowest BCUT2D eigenvalue weighted by Gasteiger charge is -2.29.